The third-order valence-electron chi connectivity index (χ3n) is 7.95. The third-order valence-corrected chi connectivity index (χ3v) is 7.95. The minimum Gasteiger partial charge on any atom is -0.368 e. The summed E-state index contributed by atoms with van der Waals surface area (Å²) >= 11 is 0. The minimum atomic E-state index is -2.60. The fourth-order valence-corrected chi connectivity index (χ4v) is 5.79. The van der Waals surface area contributed by atoms with Crippen LogP contribution < -0.4 is 4.90 Å². The maximum atomic E-state index is 13.7. The number of likely N-dealkylation sites (N-methyl/N-ethyl adjacent to an activating group) is 1. The smallest absolute Gasteiger partial charge is 0.261 e. The Kier molecular flexibility index (Phi) is 5.82. The lowest BCUT2D eigenvalue weighted by atomic mass is 10.0. The maximum Gasteiger partial charge on any atom is 0.261 e. The summed E-state index contributed by atoms with van der Waals surface area (Å²) in [7, 11) is 2.16. The lowest BCUT2D eigenvalue weighted by molar-refractivity contribution is 0.0115. The number of nitrogens with zero attached hydrogens (tertiary/aromatic N) is 6. The van der Waals surface area contributed by atoms with Crippen molar-refractivity contribution in [3.8, 4) is 22.5 Å². The molecule has 0 saturated carbocycles. The van der Waals surface area contributed by atoms with Gasteiger partial charge in [-0.2, -0.15) is 5.10 Å². The topological polar surface area (TPSA) is 80.0 Å². The molecule has 10 heteroatoms. The molecule has 8 nitrogen and oxygen atoms in total. The van der Waals surface area contributed by atoms with Crippen LogP contribution in [0.1, 0.15) is 12.0 Å². The molecule has 0 atom stereocenters. The number of likely N-dealkylation sites (tertiary alicyclic amines) is 1. The van der Waals surface area contributed by atoms with Gasteiger partial charge in [0.2, 0.25) is 0 Å². The first kappa shape index (κ1) is 24.2. The number of anilines is 1. The summed E-state index contributed by atoms with van der Waals surface area (Å²) in [4.78, 5) is 19.1. The zero-order valence-electron chi connectivity index (χ0n) is 21.8. The Bertz CT molecular complexity index is 1650. The molecule has 2 fully saturated rings. The van der Waals surface area contributed by atoms with Crippen molar-refractivity contribution in [3.63, 3.8) is 0 Å². The normalized spacial score (nSPS) is 18.5. The number of halogens is 2. The number of fused-ring (bicyclic) bond motifs is 2. The number of pyridine rings is 2. The van der Waals surface area contributed by atoms with Gasteiger partial charge in [-0.1, -0.05) is 6.07 Å². The highest BCUT2D eigenvalue weighted by molar-refractivity contribution is 5.99. The van der Waals surface area contributed by atoms with Gasteiger partial charge < -0.3 is 14.8 Å². The summed E-state index contributed by atoms with van der Waals surface area (Å²) in [6.45, 7) is 4.71. The predicted molar refractivity (Wildman–Crippen MR) is 149 cm³/mol. The lowest BCUT2D eigenvalue weighted by Crippen LogP contribution is -2.44. The van der Waals surface area contributed by atoms with Crippen LogP contribution in [0.3, 0.4) is 0 Å². The van der Waals surface area contributed by atoms with Gasteiger partial charge in [-0.3, -0.25) is 15.0 Å². The van der Waals surface area contributed by atoms with Gasteiger partial charge in [-0.05, 0) is 48.5 Å². The van der Waals surface area contributed by atoms with Gasteiger partial charge in [0.25, 0.3) is 5.92 Å². The molecule has 1 aromatic carbocycles. The maximum absolute atomic E-state index is 13.7. The lowest BCUT2D eigenvalue weighted by Gasteiger charge is -2.34. The Morgan fingerprint density at radius 1 is 0.949 bits per heavy atom. The number of hydrogen-bond acceptors (Lipinski definition) is 6. The van der Waals surface area contributed by atoms with Crippen LogP contribution in [0, 0.1) is 0 Å². The van der Waals surface area contributed by atoms with Crippen LogP contribution in [0.4, 0.5) is 14.5 Å². The molecule has 6 heterocycles. The molecule has 0 spiro atoms. The Balaban J connectivity index is 1.21. The minimum absolute atomic E-state index is 0.0831. The average Bonchev–Trinajstić information content (AvgIpc) is 3.64. The van der Waals surface area contributed by atoms with Gasteiger partial charge in [-0.15, -0.1) is 0 Å². The highest BCUT2D eigenvalue weighted by Crippen LogP contribution is 2.35. The number of rotatable bonds is 5. The molecule has 2 aliphatic rings. The largest absolute Gasteiger partial charge is 0.368 e. The SMILES string of the molecule is CN1CCN(c2ccnc3[nH]c(-c4n[nH]c5ccc(-c6cncc(CN7CCC(F)(F)C7)c6)cc45)cc23)CC1. The summed E-state index contributed by atoms with van der Waals surface area (Å²) in [6.07, 6.45) is 5.36. The molecule has 0 amide bonds. The van der Waals surface area contributed by atoms with E-state index in [9.17, 15) is 8.78 Å². The third kappa shape index (κ3) is 4.63. The average molecular weight is 529 g/mol. The predicted octanol–water partition coefficient (Wildman–Crippen LogP) is 4.76. The van der Waals surface area contributed by atoms with Gasteiger partial charge in [0, 0.05) is 86.3 Å². The number of nitrogens with one attached hydrogen (secondary N) is 2. The van der Waals surface area contributed by atoms with Crippen LogP contribution in [0.25, 0.3) is 44.5 Å². The molecule has 39 heavy (non-hydrogen) atoms. The number of alkyl halides is 2. The number of aromatic amines is 2. The van der Waals surface area contributed by atoms with Crippen molar-refractivity contribution in [2.24, 2.45) is 0 Å². The van der Waals surface area contributed by atoms with Gasteiger partial charge in [0.1, 0.15) is 11.3 Å². The van der Waals surface area contributed by atoms with Crippen LogP contribution in [0.5, 0.6) is 0 Å². The number of aromatic nitrogens is 5. The molecule has 0 radical (unpaired) electrons. The van der Waals surface area contributed by atoms with E-state index in [2.05, 4.69) is 60.2 Å². The molecule has 0 aliphatic carbocycles. The monoisotopic (exact) mass is 528 g/mol. The number of benzene rings is 1. The molecule has 2 aliphatic heterocycles. The van der Waals surface area contributed by atoms with Crippen molar-refractivity contribution in [2.75, 3.05) is 51.2 Å². The molecule has 7 rings (SSSR count). The second-order valence-electron chi connectivity index (χ2n) is 10.8. The first-order valence-electron chi connectivity index (χ1n) is 13.4. The number of piperazine rings is 1. The highest BCUT2D eigenvalue weighted by atomic mass is 19.3. The first-order chi connectivity index (χ1) is 18.9. The van der Waals surface area contributed by atoms with Crippen molar-refractivity contribution in [2.45, 2.75) is 18.9 Å². The Morgan fingerprint density at radius 2 is 1.82 bits per heavy atom. The number of hydrogen-bond donors (Lipinski definition) is 2. The molecule has 0 unspecified atom stereocenters. The Morgan fingerprint density at radius 3 is 2.64 bits per heavy atom. The van der Waals surface area contributed by atoms with Crippen molar-refractivity contribution in [3.05, 3.63) is 60.6 Å². The summed E-state index contributed by atoms with van der Waals surface area (Å²) in [5.41, 5.74) is 7.58. The van der Waals surface area contributed by atoms with E-state index < -0.39 is 5.92 Å². The van der Waals surface area contributed by atoms with Crippen molar-refractivity contribution >= 4 is 27.6 Å². The molecule has 2 N–H and O–H groups in total. The molecule has 0 bridgehead atoms. The molecule has 200 valence electrons. The van der Waals surface area contributed by atoms with Gasteiger partial charge in [0.05, 0.1) is 17.8 Å². The summed E-state index contributed by atoms with van der Waals surface area (Å²) in [5, 5.41) is 9.89. The fraction of sp³-hybridized carbons (Fsp3) is 0.345. The van der Waals surface area contributed by atoms with Gasteiger partial charge in [0.15, 0.2) is 0 Å². The quantitative estimate of drug-likeness (QED) is 0.343. The van der Waals surface area contributed by atoms with Crippen LogP contribution in [-0.2, 0) is 6.54 Å². The zero-order valence-corrected chi connectivity index (χ0v) is 21.8. The van der Waals surface area contributed by atoms with E-state index in [1.165, 1.54) is 5.69 Å². The second-order valence-corrected chi connectivity index (χ2v) is 10.8. The van der Waals surface area contributed by atoms with Crippen LogP contribution in [0.2, 0.25) is 0 Å². The van der Waals surface area contributed by atoms with Crippen molar-refractivity contribution in [1.29, 1.82) is 0 Å². The molecular formula is C29H30F2N8. The fourth-order valence-electron chi connectivity index (χ4n) is 5.79. The number of H-pyrrole nitrogens is 2. The standard InChI is InChI=1S/C29H30F2N8/c1-37-8-10-39(11-9-37)26-4-6-33-28-23(26)14-25(34-28)27-22-13-20(2-3-24(22)35-36-27)21-12-19(15-32-16-21)17-38-7-5-29(30,31)18-38/h2-4,6,12-16H,5,7-11,17-18H2,1H3,(H,33,34)(H,35,36). The Labute approximate surface area is 224 Å². The molecule has 5 aromatic rings. The summed E-state index contributed by atoms with van der Waals surface area (Å²) < 4.78 is 27.3. The summed E-state index contributed by atoms with van der Waals surface area (Å²) in [6, 6.07) is 12.4. The van der Waals surface area contributed by atoms with Gasteiger partial charge in [-0.25, -0.2) is 13.8 Å². The van der Waals surface area contributed by atoms with E-state index in [0.717, 1.165) is 76.2 Å². The van der Waals surface area contributed by atoms with Crippen LogP contribution >= 0.6 is 0 Å². The van der Waals surface area contributed by atoms with Crippen molar-refractivity contribution in [1.82, 2.24) is 34.9 Å². The van der Waals surface area contributed by atoms with E-state index in [1.54, 1.807) is 11.1 Å². The summed E-state index contributed by atoms with van der Waals surface area (Å²) in [5.74, 6) is -2.60. The van der Waals surface area contributed by atoms with Gasteiger partial charge >= 0.3 is 0 Å². The Hall–Kier alpha value is -3.89. The zero-order chi connectivity index (χ0) is 26.6. The van der Waals surface area contributed by atoms with Crippen LogP contribution in [-0.4, -0.2) is 87.2 Å². The first-order valence-corrected chi connectivity index (χ1v) is 13.4. The molecular weight excluding hydrogens is 498 g/mol. The van der Waals surface area contributed by atoms with Crippen molar-refractivity contribution < 1.29 is 8.78 Å². The van der Waals surface area contributed by atoms with E-state index in [1.807, 2.05) is 30.6 Å². The van der Waals surface area contributed by atoms with E-state index in [4.69, 9.17) is 0 Å². The van der Waals surface area contributed by atoms with E-state index in [0.29, 0.717) is 13.1 Å². The molecule has 2 saturated heterocycles. The van der Waals surface area contributed by atoms with E-state index in [-0.39, 0.29) is 13.0 Å². The second kappa shape index (κ2) is 9.39. The highest BCUT2D eigenvalue weighted by Gasteiger charge is 2.37. The van der Waals surface area contributed by atoms with Crippen LogP contribution in [0.15, 0.2) is 55.0 Å². The molecule has 4 aromatic heterocycles. The van der Waals surface area contributed by atoms with E-state index >= 15 is 0 Å².